The van der Waals surface area contributed by atoms with Crippen LogP contribution in [0.3, 0.4) is 0 Å². The predicted molar refractivity (Wildman–Crippen MR) is 131 cm³/mol. The second-order valence-electron chi connectivity index (χ2n) is 8.75. The van der Waals surface area contributed by atoms with Gasteiger partial charge in [0.05, 0.1) is 13.2 Å². The van der Waals surface area contributed by atoms with Crippen LogP contribution in [0.4, 0.5) is 0 Å². The number of allylic oxidation sites excluding steroid dienone is 1. The topological polar surface area (TPSA) is 23.9 Å². The van der Waals surface area contributed by atoms with E-state index in [1.54, 1.807) is 0 Å². The maximum absolute atomic E-state index is 6.07. The quantitative estimate of drug-likeness (QED) is 0.332. The zero-order valence-electron chi connectivity index (χ0n) is 19.7. The van der Waals surface area contributed by atoms with E-state index in [1.807, 2.05) is 0 Å². The van der Waals surface area contributed by atoms with Gasteiger partial charge in [0.1, 0.15) is 5.75 Å². The lowest BCUT2D eigenvalue weighted by atomic mass is 10.2. The highest BCUT2D eigenvalue weighted by molar-refractivity contribution is 5.82. The first-order valence-corrected chi connectivity index (χ1v) is 11.4. The molecule has 2 aromatic rings. The molecule has 0 spiro atoms. The van der Waals surface area contributed by atoms with Gasteiger partial charge < -0.3 is 14.2 Å². The van der Waals surface area contributed by atoms with Crippen molar-refractivity contribution >= 4 is 10.9 Å². The number of fused-ring (bicyclic) bond motifs is 1. The van der Waals surface area contributed by atoms with Crippen LogP contribution in [0.15, 0.2) is 35.9 Å². The highest BCUT2D eigenvalue weighted by Gasteiger charge is 2.16. The molecule has 1 fully saturated rings. The molecular weight excluding hydrogens is 384 g/mol. The van der Waals surface area contributed by atoms with E-state index in [2.05, 4.69) is 83.5 Å². The highest BCUT2D eigenvalue weighted by Crippen LogP contribution is 2.24. The molecule has 1 aliphatic rings. The van der Waals surface area contributed by atoms with Crippen LogP contribution in [-0.2, 0) is 13.6 Å². The van der Waals surface area contributed by atoms with Gasteiger partial charge in [-0.2, -0.15) is 0 Å². The number of aromatic nitrogens is 1. The third-order valence-electron chi connectivity index (χ3n) is 6.22. The Morgan fingerprint density at radius 3 is 2.65 bits per heavy atom. The first-order chi connectivity index (χ1) is 15.0. The van der Waals surface area contributed by atoms with Crippen molar-refractivity contribution < 1.29 is 4.74 Å². The third-order valence-corrected chi connectivity index (χ3v) is 6.22. The first kappa shape index (κ1) is 23.4. The van der Waals surface area contributed by atoms with E-state index >= 15 is 0 Å². The Kier molecular flexibility index (Phi) is 8.60. The minimum absolute atomic E-state index is 0.653. The minimum Gasteiger partial charge on any atom is -0.494 e. The van der Waals surface area contributed by atoms with Gasteiger partial charge in [-0.15, -0.1) is 6.42 Å². The summed E-state index contributed by atoms with van der Waals surface area (Å²) in [5, 5.41) is 1.22. The summed E-state index contributed by atoms with van der Waals surface area (Å²) in [7, 11) is 4.16. The molecule has 1 aliphatic heterocycles. The number of benzene rings is 1. The first-order valence-electron chi connectivity index (χ1n) is 11.4. The zero-order valence-corrected chi connectivity index (χ0v) is 19.7. The van der Waals surface area contributed by atoms with E-state index in [0.29, 0.717) is 6.54 Å². The van der Waals surface area contributed by atoms with Gasteiger partial charge in [0.25, 0.3) is 0 Å². The Morgan fingerprint density at radius 2 is 1.94 bits per heavy atom. The van der Waals surface area contributed by atoms with Crippen molar-refractivity contribution in [2.45, 2.75) is 26.8 Å². The molecule has 168 valence electrons. The minimum atomic E-state index is 0.653. The summed E-state index contributed by atoms with van der Waals surface area (Å²) in [6.45, 7) is 13.4. The Morgan fingerprint density at radius 1 is 1.19 bits per heavy atom. The van der Waals surface area contributed by atoms with Gasteiger partial charge in [0.15, 0.2) is 0 Å². The molecule has 0 saturated carbocycles. The SMILES string of the molecule is C#CCN(C)Cc1cc2cc(OCCCN3CCN(CC(C)=CC)CC3)ccc2n1C. The molecule has 0 bridgehead atoms. The number of hydrogen-bond acceptors (Lipinski definition) is 4. The van der Waals surface area contributed by atoms with Crippen LogP contribution in [0.5, 0.6) is 5.75 Å². The predicted octanol–water partition coefficient (Wildman–Crippen LogP) is 3.60. The second kappa shape index (κ2) is 11.4. The van der Waals surface area contributed by atoms with Crippen LogP contribution in [0.25, 0.3) is 10.9 Å². The lowest BCUT2D eigenvalue weighted by molar-refractivity contribution is 0.133. The molecule has 0 N–H and O–H groups in total. The lowest BCUT2D eigenvalue weighted by Gasteiger charge is -2.34. The lowest BCUT2D eigenvalue weighted by Crippen LogP contribution is -2.47. The molecule has 5 heteroatoms. The largest absolute Gasteiger partial charge is 0.494 e. The fourth-order valence-corrected chi connectivity index (χ4v) is 4.21. The number of ether oxygens (including phenoxy) is 1. The molecular formula is C26H38N4O. The fourth-order valence-electron chi connectivity index (χ4n) is 4.21. The number of aryl methyl sites for hydroxylation is 1. The van der Waals surface area contributed by atoms with Gasteiger partial charge in [-0.25, -0.2) is 0 Å². The van der Waals surface area contributed by atoms with Crippen LogP contribution >= 0.6 is 0 Å². The molecule has 1 aromatic heterocycles. The average Bonchev–Trinajstić information content (AvgIpc) is 3.07. The van der Waals surface area contributed by atoms with Gasteiger partial charge in [-0.3, -0.25) is 9.80 Å². The molecule has 5 nitrogen and oxygen atoms in total. The molecule has 1 aromatic carbocycles. The van der Waals surface area contributed by atoms with E-state index in [1.165, 1.54) is 22.2 Å². The molecule has 2 heterocycles. The summed E-state index contributed by atoms with van der Waals surface area (Å²) in [5.41, 5.74) is 3.94. The van der Waals surface area contributed by atoms with E-state index in [0.717, 1.165) is 64.6 Å². The van der Waals surface area contributed by atoms with Crippen molar-refractivity contribution in [3.63, 3.8) is 0 Å². The maximum Gasteiger partial charge on any atom is 0.120 e. The third kappa shape index (κ3) is 6.61. The van der Waals surface area contributed by atoms with Crippen LogP contribution in [0.2, 0.25) is 0 Å². The van der Waals surface area contributed by atoms with Gasteiger partial charge in [-0.05, 0) is 51.6 Å². The molecule has 0 aliphatic carbocycles. The van der Waals surface area contributed by atoms with E-state index in [9.17, 15) is 0 Å². The van der Waals surface area contributed by atoms with E-state index in [4.69, 9.17) is 11.2 Å². The summed E-state index contributed by atoms with van der Waals surface area (Å²) in [4.78, 5) is 7.26. The summed E-state index contributed by atoms with van der Waals surface area (Å²) in [5.74, 6) is 3.65. The van der Waals surface area contributed by atoms with Crippen molar-refractivity contribution in [1.82, 2.24) is 19.3 Å². The number of nitrogens with zero attached hydrogens (tertiary/aromatic N) is 4. The van der Waals surface area contributed by atoms with Gasteiger partial charge in [-0.1, -0.05) is 17.6 Å². The molecule has 0 unspecified atom stereocenters. The average molecular weight is 423 g/mol. The van der Waals surface area contributed by atoms with Crippen molar-refractivity contribution in [3.05, 3.63) is 41.6 Å². The van der Waals surface area contributed by atoms with Gasteiger partial charge >= 0.3 is 0 Å². The molecule has 1 saturated heterocycles. The molecule has 0 radical (unpaired) electrons. The molecule has 0 amide bonds. The smallest absolute Gasteiger partial charge is 0.120 e. The molecule has 0 atom stereocenters. The van der Waals surface area contributed by atoms with Gasteiger partial charge in [0, 0.05) is 69.5 Å². The Hall–Kier alpha value is -2.26. The standard InChI is InChI=1S/C26H38N4O/c1-6-11-27(4)21-24-18-23-19-25(9-10-26(23)28(24)5)31-17-8-12-29-13-15-30(16-14-29)20-22(3)7-2/h1,7,9-10,18-19H,8,11-17,20-21H2,2-5H3. The Balaban J connectivity index is 1.44. The van der Waals surface area contributed by atoms with Crippen LogP contribution in [0.1, 0.15) is 26.0 Å². The maximum atomic E-state index is 6.07. The number of piperazine rings is 1. The molecule has 31 heavy (non-hydrogen) atoms. The normalized spacial score (nSPS) is 16.2. The monoisotopic (exact) mass is 422 g/mol. The summed E-state index contributed by atoms with van der Waals surface area (Å²) < 4.78 is 8.31. The Labute approximate surface area is 188 Å². The van der Waals surface area contributed by atoms with Crippen LogP contribution in [-0.4, -0.2) is 78.7 Å². The van der Waals surface area contributed by atoms with Crippen molar-refractivity contribution in [2.24, 2.45) is 7.05 Å². The molecule has 3 rings (SSSR count). The van der Waals surface area contributed by atoms with Crippen LogP contribution < -0.4 is 4.74 Å². The van der Waals surface area contributed by atoms with Crippen molar-refractivity contribution in [1.29, 1.82) is 0 Å². The number of rotatable bonds is 10. The summed E-state index contributed by atoms with van der Waals surface area (Å²) >= 11 is 0. The van der Waals surface area contributed by atoms with Crippen LogP contribution in [0, 0.1) is 12.3 Å². The Bertz CT molecular complexity index is 915. The summed E-state index contributed by atoms with van der Waals surface area (Å²) in [6, 6.07) is 8.63. The second-order valence-corrected chi connectivity index (χ2v) is 8.75. The van der Waals surface area contributed by atoms with Crippen molar-refractivity contribution in [2.75, 3.05) is 59.5 Å². The fraction of sp³-hybridized carbons (Fsp3) is 0.538. The van der Waals surface area contributed by atoms with Gasteiger partial charge in [0.2, 0.25) is 0 Å². The summed E-state index contributed by atoms with van der Waals surface area (Å²) in [6.07, 6.45) is 8.70. The van der Waals surface area contributed by atoms with E-state index in [-0.39, 0.29) is 0 Å². The zero-order chi connectivity index (χ0) is 22.2. The highest BCUT2D eigenvalue weighted by atomic mass is 16.5. The van der Waals surface area contributed by atoms with E-state index < -0.39 is 0 Å². The van der Waals surface area contributed by atoms with Crippen molar-refractivity contribution in [3.8, 4) is 18.1 Å². The number of hydrogen-bond donors (Lipinski definition) is 0. The number of terminal acetylenes is 1.